The van der Waals surface area contributed by atoms with E-state index in [1.165, 1.54) is 0 Å². The molecule has 0 aliphatic rings. The van der Waals surface area contributed by atoms with Crippen LogP contribution in [-0.4, -0.2) is 11.8 Å². The van der Waals surface area contributed by atoms with Gasteiger partial charge in [0.05, 0.1) is 11.3 Å². The van der Waals surface area contributed by atoms with E-state index in [1.54, 1.807) is 42.5 Å². The second-order valence-electron chi connectivity index (χ2n) is 4.33. The van der Waals surface area contributed by atoms with Gasteiger partial charge in [0.25, 0.3) is 11.8 Å². The molecule has 0 aliphatic heterocycles. The Balaban J connectivity index is 2.28. The molecule has 2 rings (SSSR count). The standard InChI is InChI=1S/C15H13ClN2O2/c1-9-6-7-10(8-12(9)16)15(20)18-13-5-3-2-4-11(13)14(17)19/h2-8H,1H3,(H2,17,19)(H,18,20). The summed E-state index contributed by atoms with van der Waals surface area (Å²) in [5, 5.41) is 3.17. The number of primary amides is 1. The van der Waals surface area contributed by atoms with Crippen LogP contribution >= 0.6 is 11.6 Å². The van der Waals surface area contributed by atoms with E-state index in [0.29, 0.717) is 16.3 Å². The molecule has 2 aromatic carbocycles. The van der Waals surface area contributed by atoms with Gasteiger partial charge in [0.1, 0.15) is 0 Å². The summed E-state index contributed by atoms with van der Waals surface area (Å²) in [7, 11) is 0. The maximum absolute atomic E-state index is 12.1. The molecule has 0 atom stereocenters. The Morgan fingerprint density at radius 3 is 2.50 bits per heavy atom. The minimum atomic E-state index is -0.595. The van der Waals surface area contributed by atoms with E-state index >= 15 is 0 Å². The lowest BCUT2D eigenvalue weighted by atomic mass is 10.1. The number of carbonyl (C=O) groups excluding carboxylic acids is 2. The molecule has 4 nitrogen and oxygen atoms in total. The zero-order chi connectivity index (χ0) is 14.7. The predicted molar refractivity (Wildman–Crippen MR) is 79.1 cm³/mol. The molecule has 0 aromatic heterocycles. The van der Waals surface area contributed by atoms with Crippen LogP contribution in [0.2, 0.25) is 5.02 Å². The molecular formula is C15H13ClN2O2. The van der Waals surface area contributed by atoms with Crippen molar-refractivity contribution in [2.24, 2.45) is 5.73 Å². The SMILES string of the molecule is Cc1ccc(C(=O)Nc2ccccc2C(N)=O)cc1Cl. The van der Waals surface area contributed by atoms with Gasteiger partial charge in [-0.15, -0.1) is 0 Å². The number of anilines is 1. The topological polar surface area (TPSA) is 72.2 Å². The summed E-state index contributed by atoms with van der Waals surface area (Å²) in [5.74, 6) is -0.941. The van der Waals surface area contributed by atoms with Gasteiger partial charge in [-0.2, -0.15) is 0 Å². The summed E-state index contributed by atoms with van der Waals surface area (Å²) in [5.41, 5.74) is 7.21. The van der Waals surface area contributed by atoms with Gasteiger partial charge < -0.3 is 11.1 Å². The minimum absolute atomic E-state index is 0.263. The molecule has 0 fully saturated rings. The highest BCUT2D eigenvalue weighted by atomic mass is 35.5. The molecule has 0 spiro atoms. The fourth-order valence-corrected chi connectivity index (χ4v) is 1.92. The molecule has 0 aliphatic carbocycles. The molecule has 102 valence electrons. The summed E-state index contributed by atoms with van der Waals surface area (Å²) in [4.78, 5) is 23.4. The number of para-hydroxylation sites is 1. The first-order chi connectivity index (χ1) is 9.49. The monoisotopic (exact) mass is 288 g/mol. The van der Waals surface area contributed by atoms with Crippen LogP contribution in [0.4, 0.5) is 5.69 Å². The molecule has 2 amide bonds. The number of rotatable bonds is 3. The number of hydrogen-bond acceptors (Lipinski definition) is 2. The normalized spacial score (nSPS) is 10.1. The van der Waals surface area contributed by atoms with Crippen molar-refractivity contribution in [3.8, 4) is 0 Å². The van der Waals surface area contributed by atoms with E-state index in [4.69, 9.17) is 17.3 Å². The largest absolute Gasteiger partial charge is 0.366 e. The summed E-state index contributed by atoms with van der Waals surface area (Å²) in [6, 6.07) is 11.6. The van der Waals surface area contributed by atoms with Gasteiger partial charge in [-0.25, -0.2) is 0 Å². The molecule has 2 aromatic rings. The van der Waals surface area contributed by atoms with Crippen molar-refractivity contribution < 1.29 is 9.59 Å². The van der Waals surface area contributed by atoms with Gasteiger partial charge in [-0.3, -0.25) is 9.59 Å². The summed E-state index contributed by atoms with van der Waals surface area (Å²) >= 11 is 5.99. The van der Waals surface area contributed by atoms with Crippen molar-refractivity contribution in [3.05, 3.63) is 64.2 Å². The van der Waals surface area contributed by atoms with E-state index in [1.807, 2.05) is 6.92 Å². The number of aryl methyl sites for hydroxylation is 1. The van der Waals surface area contributed by atoms with E-state index in [2.05, 4.69) is 5.32 Å². The molecular weight excluding hydrogens is 276 g/mol. The van der Waals surface area contributed by atoms with E-state index in [-0.39, 0.29) is 11.5 Å². The third-order valence-electron chi connectivity index (χ3n) is 2.87. The van der Waals surface area contributed by atoms with Crippen LogP contribution in [0.3, 0.4) is 0 Å². The van der Waals surface area contributed by atoms with E-state index in [0.717, 1.165) is 5.56 Å². The van der Waals surface area contributed by atoms with Crippen LogP contribution in [-0.2, 0) is 0 Å². The first-order valence-electron chi connectivity index (χ1n) is 5.95. The molecule has 0 heterocycles. The fraction of sp³-hybridized carbons (Fsp3) is 0.0667. The van der Waals surface area contributed by atoms with Gasteiger partial charge >= 0.3 is 0 Å². The Labute approximate surface area is 121 Å². The first-order valence-corrected chi connectivity index (χ1v) is 6.33. The highest BCUT2D eigenvalue weighted by Gasteiger charge is 2.12. The minimum Gasteiger partial charge on any atom is -0.366 e. The van der Waals surface area contributed by atoms with Crippen molar-refractivity contribution in [3.63, 3.8) is 0 Å². The molecule has 0 saturated heterocycles. The van der Waals surface area contributed by atoms with Crippen molar-refractivity contribution in [2.75, 3.05) is 5.32 Å². The Kier molecular flexibility index (Phi) is 4.05. The Morgan fingerprint density at radius 1 is 1.15 bits per heavy atom. The summed E-state index contributed by atoms with van der Waals surface area (Å²) in [6.07, 6.45) is 0. The summed E-state index contributed by atoms with van der Waals surface area (Å²) < 4.78 is 0. The van der Waals surface area contributed by atoms with Crippen LogP contribution in [0.15, 0.2) is 42.5 Å². The first kappa shape index (κ1) is 14.1. The number of halogens is 1. The van der Waals surface area contributed by atoms with E-state index in [9.17, 15) is 9.59 Å². The zero-order valence-electron chi connectivity index (χ0n) is 10.8. The average molecular weight is 289 g/mol. The van der Waals surface area contributed by atoms with Gasteiger partial charge in [-0.1, -0.05) is 29.8 Å². The number of benzene rings is 2. The number of amides is 2. The molecule has 5 heteroatoms. The quantitative estimate of drug-likeness (QED) is 0.911. The Bertz CT molecular complexity index is 683. The fourth-order valence-electron chi connectivity index (χ4n) is 1.74. The third kappa shape index (κ3) is 2.97. The number of nitrogens with two attached hydrogens (primary N) is 1. The maximum Gasteiger partial charge on any atom is 0.255 e. The highest BCUT2D eigenvalue weighted by molar-refractivity contribution is 6.31. The molecule has 0 bridgehead atoms. The number of hydrogen-bond donors (Lipinski definition) is 2. The highest BCUT2D eigenvalue weighted by Crippen LogP contribution is 2.19. The van der Waals surface area contributed by atoms with Crippen LogP contribution in [0.5, 0.6) is 0 Å². The van der Waals surface area contributed by atoms with Crippen molar-refractivity contribution in [2.45, 2.75) is 6.92 Å². The molecule has 0 radical (unpaired) electrons. The van der Waals surface area contributed by atoms with Crippen LogP contribution < -0.4 is 11.1 Å². The van der Waals surface area contributed by atoms with Crippen LogP contribution in [0, 0.1) is 6.92 Å². The van der Waals surface area contributed by atoms with Crippen LogP contribution in [0.25, 0.3) is 0 Å². The molecule has 0 unspecified atom stereocenters. The van der Waals surface area contributed by atoms with Gasteiger partial charge in [-0.05, 0) is 36.8 Å². The van der Waals surface area contributed by atoms with Crippen molar-refractivity contribution >= 4 is 29.1 Å². The molecule has 20 heavy (non-hydrogen) atoms. The van der Waals surface area contributed by atoms with Gasteiger partial charge in [0.2, 0.25) is 0 Å². The second kappa shape index (κ2) is 5.75. The average Bonchev–Trinajstić information content (AvgIpc) is 2.42. The molecule has 0 saturated carbocycles. The predicted octanol–water partition coefficient (Wildman–Crippen LogP) is 3.00. The van der Waals surface area contributed by atoms with E-state index < -0.39 is 5.91 Å². The smallest absolute Gasteiger partial charge is 0.255 e. The van der Waals surface area contributed by atoms with Crippen molar-refractivity contribution in [1.82, 2.24) is 0 Å². The number of nitrogens with one attached hydrogen (secondary N) is 1. The summed E-state index contributed by atoms with van der Waals surface area (Å²) in [6.45, 7) is 1.85. The zero-order valence-corrected chi connectivity index (χ0v) is 11.6. The lowest BCUT2D eigenvalue weighted by Gasteiger charge is -2.09. The second-order valence-corrected chi connectivity index (χ2v) is 4.74. The van der Waals surface area contributed by atoms with Gasteiger partial charge in [0, 0.05) is 10.6 Å². The number of carbonyl (C=O) groups is 2. The van der Waals surface area contributed by atoms with Gasteiger partial charge in [0.15, 0.2) is 0 Å². The molecule has 3 N–H and O–H groups in total. The Morgan fingerprint density at radius 2 is 1.85 bits per heavy atom. The van der Waals surface area contributed by atoms with Crippen molar-refractivity contribution in [1.29, 1.82) is 0 Å². The lowest BCUT2D eigenvalue weighted by Crippen LogP contribution is -2.18. The van der Waals surface area contributed by atoms with Crippen LogP contribution in [0.1, 0.15) is 26.3 Å². The Hall–Kier alpha value is -2.33. The lowest BCUT2D eigenvalue weighted by molar-refractivity contribution is 0.100. The third-order valence-corrected chi connectivity index (χ3v) is 3.28. The maximum atomic E-state index is 12.1.